The molecule has 40 heavy (non-hydrogen) atoms. The Morgan fingerprint density at radius 3 is 2.12 bits per heavy atom. The van der Waals surface area contributed by atoms with Crippen molar-refractivity contribution in [1.29, 1.82) is 0 Å². The van der Waals surface area contributed by atoms with Gasteiger partial charge in [0, 0.05) is 23.1 Å². The van der Waals surface area contributed by atoms with Crippen molar-refractivity contribution in [3.8, 4) is 33.8 Å². The summed E-state index contributed by atoms with van der Waals surface area (Å²) >= 11 is 0. The lowest BCUT2D eigenvalue weighted by atomic mass is 9.93. The molecule has 1 unspecified atom stereocenters. The Morgan fingerprint density at radius 1 is 0.850 bits per heavy atom. The van der Waals surface area contributed by atoms with Crippen molar-refractivity contribution in [2.75, 3.05) is 6.61 Å². The van der Waals surface area contributed by atoms with Crippen LogP contribution in [-0.2, 0) is 25.5 Å². The van der Waals surface area contributed by atoms with Gasteiger partial charge in [-0.1, -0.05) is 62.2 Å². The fraction of sp³-hybridized carbons (Fsp3) is 0.206. The molecule has 204 valence electrons. The van der Waals surface area contributed by atoms with Crippen LogP contribution in [0.5, 0.6) is 11.5 Å². The van der Waals surface area contributed by atoms with Gasteiger partial charge >= 0.3 is 17.9 Å². The molecule has 0 saturated heterocycles. The second-order valence-electron chi connectivity index (χ2n) is 10.0. The number of ether oxygens (including phenoxy) is 3. The number of benzene rings is 3. The highest BCUT2D eigenvalue weighted by molar-refractivity contribution is 5.91. The van der Waals surface area contributed by atoms with Crippen LogP contribution in [-0.4, -0.2) is 24.5 Å². The lowest BCUT2D eigenvalue weighted by molar-refractivity contribution is -0.138. The van der Waals surface area contributed by atoms with Crippen LogP contribution in [0.2, 0.25) is 0 Å². The van der Waals surface area contributed by atoms with Crippen LogP contribution in [0.15, 0.2) is 91.6 Å². The zero-order valence-electron chi connectivity index (χ0n) is 23.0. The summed E-state index contributed by atoms with van der Waals surface area (Å²) in [4.78, 5) is 35.9. The fourth-order valence-electron chi connectivity index (χ4n) is 4.68. The Balaban J connectivity index is 1.60. The molecule has 0 amide bonds. The Labute approximate surface area is 234 Å². The second kappa shape index (κ2) is 12.0. The largest absolute Gasteiger partial charge is 0.462 e. The van der Waals surface area contributed by atoms with E-state index in [1.54, 1.807) is 26.0 Å². The van der Waals surface area contributed by atoms with Gasteiger partial charge in [-0.25, -0.2) is 14.4 Å². The zero-order valence-corrected chi connectivity index (χ0v) is 23.0. The van der Waals surface area contributed by atoms with Gasteiger partial charge in [0.25, 0.3) is 0 Å². The van der Waals surface area contributed by atoms with E-state index in [4.69, 9.17) is 14.2 Å². The van der Waals surface area contributed by atoms with Crippen molar-refractivity contribution >= 4 is 17.9 Å². The summed E-state index contributed by atoms with van der Waals surface area (Å²) in [5.41, 5.74) is 7.89. The van der Waals surface area contributed by atoms with E-state index in [0.717, 1.165) is 40.7 Å². The first-order chi connectivity index (χ1) is 19.1. The first-order valence-electron chi connectivity index (χ1n) is 13.0. The number of rotatable bonds is 9. The number of aryl methyl sites for hydroxylation is 2. The lowest BCUT2D eigenvalue weighted by Gasteiger charge is -2.15. The number of hydrogen-bond donors (Lipinski definition) is 0. The normalized spacial score (nSPS) is 13.6. The third-order valence-electron chi connectivity index (χ3n) is 6.86. The van der Waals surface area contributed by atoms with Crippen molar-refractivity contribution in [1.82, 2.24) is 0 Å². The maximum absolute atomic E-state index is 12.3. The molecular formula is C34H32O6. The van der Waals surface area contributed by atoms with Crippen LogP contribution in [0.1, 0.15) is 42.9 Å². The minimum Gasteiger partial charge on any atom is -0.462 e. The molecule has 0 aliphatic heterocycles. The zero-order chi connectivity index (χ0) is 29.0. The summed E-state index contributed by atoms with van der Waals surface area (Å²) in [5.74, 6) is -1.19. The van der Waals surface area contributed by atoms with Crippen LogP contribution in [0, 0.1) is 6.92 Å². The van der Waals surface area contributed by atoms with Gasteiger partial charge < -0.3 is 14.2 Å². The standard InChI is InChI=1S/C34H32O6/c1-7-32(35)38-19-27-9-8-25-17-24(11-14-29(25)27)23-10-13-28(22(6)16-23)26-12-15-30(39-33(36)20(2)3)31(18-26)40-34(37)21(4)5/h7,10-18,27H,1-2,4,8-9,19H2,3,5-6H3. The Morgan fingerprint density at radius 2 is 1.48 bits per heavy atom. The molecule has 1 atom stereocenters. The molecule has 0 saturated carbocycles. The number of carbonyl (C=O) groups is 3. The van der Waals surface area contributed by atoms with E-state index in [0.29, 0.717) is 6.61 Å². The molecule has 0 aromatic heterocycles. The first kappa shape index (κ1) is 28.3. The van der Waals surface area contributed by atoms with Gasteiger partial charge in [-0.2, -0.15) is 0 Å². The van der Waals surface area contributed by atoms with E-state index in [1.807, 2.05) is 19.1 Å². The highest BCUT2D eigenvalue weighted by Crippen LogP contribution is 2.38. The second-order valence-corrected chi connectivity index (χ2v) is 10.0. The van der Waals surface area contributed by atoms with Gasteiger partial charge in [0.15, 0.2) is 11.5 Å². The summed E-state index contributed by atoms with van der Waals surface area (Å²) < 4.78 is 16.2. The first-order valence-corrected chi connectivity index (χ1v) is 13.0. The summed E-state index contributed by atoms with van der Waals surface area (Å²) in [7, 11) is 0. The monoisotopic (exact) mass is 536 g/mol. The molecule has 3 aromatic rings. The summed E-state index contributed by atoms with van der Waals surface area (Å²) in [6.45, 7) is 16.2. The van der Waals surface area contributed by atoms with Crippen molar-refractivity contribution in [2.45, 2.75) is 39.5 Å². The van der Waals surface area contributed by atoms with Crippen LogP contribution in [0.3, 0.4) is 0 Å². The molecule has 0 N–H and O–H groups in total. The van der Waals surface area contributed by atoms with E-state index >= 15 is 0 Å². The molecule has 0 bridgehead atoms. The van der Waals surface area contributed by atoms with E-state index in [1.165, 1.54) is 17.2 Å². The Hall–Kier alpha value is -4.71. The van der Waals surface area contributed by atoms with Gasteiger partial charge in [-0.15, -0.1) is 0 Å². The molecule has 6 nitrogen and oxygen atoms in total. The van der Waals surface area contributed by atoms with E-state index in [9.17, 15) is 14.4 Å². The number of esters is 3. The number of hydrogen-bond acceptors (Lipinski definition) is 6. The van der Waals surface area contributed by atoms with Crippen molar-refractivity contribution in [2.24, 2.45) is 0 Å². The van der Waals surface area contributed by atoms with Crippen molar-refractivity contribution in [3.05, 3.63) is 108 Å². The van der Waals surface area contributed by atoms with Gasteiger partial charge in [-0.3, -0.25) is 0 Å². The van der Waals surface area contributed by atoms with Gasteiger partial charge in [0.05, 0.1) is 6.61 Å². The summed E-state index contributed by atoms with van der Waals surface area (Å²) in [5, 5.41) is 0. The third kappa shape index (κ3) is 6.29. The average Bonchev–Trinajstić information content (AvgIpc) is 3.34. The molecule has 3 aromatic carbocycles. The quantitative estimate of drug-likeness (QED) is 0.166. The van der Waals surface area contributed by atoms with E-state index in [2.05, 4.69) is 50.1 Å². The minimum atomic E-state index is -0.616. The smallest absolute Gasteiger partial charge is 0.338 e. The van der Waals surface area contributed by atoms with Gasteiger partial charge in [0.2, 0.25) is 0 Å². The summed E-state index contributed by atoms with van der Waals surface area (Å²) in [6.07, 6.45) is 3.06. The Bertz CT molecular complexity index is 1540. The fourth-order valence-corrected chi connectivity index (χ4v) is 4.68. The highest BCUT2D eigenvalue weighted by atomic mass is 16.6. The molecular weight excluding hydrogens is 504 g/mol. The molecule has 0 spiro atoms. The van der Waals surface area contributed by atoms with Gasteiger partial charge in [0.1, 0.15) is 0 Å². The molecule has 0 radical (unpaired) electrons. The lowest BCUT2D eigenvalue weighted by Crippen LogP contribution is -2.12. The maximum atomic E-state index is 12.3. The maximum Gasteiger partial charge on any atom is 0.338 e. The number of fused-ring (bicyclic) bond motifs is 1. The predicted molar refractivity (Wildman–Crippen MR) is 155 cm³/mol. The molecule has 0 heterocycles. The van der Waals surface area contributed by atoms with E-state index in [-0.39, 0.29) is 28.6 Å². The summed E-state index contributed by atoms with van der Waals surface area (Å²) in [6, 6.07) is 17.7. The topological polar surface area (TPSA) is 78.9 Å². The van der Waals surface area contributed by atoms with Crippen LogP contribution in [0.4, 0.5) is 0 Å². The van der Waals surface area contributed by atoms with Crippen molar-refractivity contribution in [3.63, 3.8) is 0 Å². The Kier molecular flexibility index (Phi) is 8.49. The average molecular weight is 537 g/mol. The van der Waals surface area contributed by atoms with E-state index < -0.39 is 17.9 Å². The SMILES string of the molecule is C=CC(=O)OCC1CCc2cc(-c3ccc(-c4ccc(OC(=O)C(=C)C)c(OC(=O)C(=C)C)c4)c(C)c3)ccc21. The van der Waals surface area contributed by atoms with Gasteiger partial charge in [-0.05, 0) is 84.7 Å². The predicted octanol–water partition coefficient (Wildman–Crippen LogP) is 7.05. The highest BCUT2D eigenvalue weighted by Gasteiger charge is 2.24. The van der Waals surface area contributed by atoms with Crippen LogP contribution < -0.4 is 9.47 Å². The van der Waals surface area contributed by atoms with Crippen LogP contribution >= 0.6 is 0 Å². The molecule has 1 aliphatic rings. The third-order valence-corrected chi connectivity index (χ3v) is 6.86. The molecule has 1 aliphatic carbocycles. The number of carbonyl (C=O) groups excluding carboxylic acids is 3. The molecule has 4 rings (SSSR count). The minimum absolute atomic E-state index is 0.121. The molecule has 0 fully saturated rings. The van der Waals surface area contributed by atoms with Crippen molar-refractivity contribution < 1.29 is 28.6 Å². The van der Waals surface area contributed by atoms with Crippen LogP contribution in [0.25, 0.3) is 22.3 Å². The molecule has 6 heteroatoms.